The van der Waals surface area contributed by atoms with Crippen LogP contribution in [0.2, 0.25) is 5.02 Å². The van der Waals surface area contributed by atoms with Crippen molar-refractivity contribution < 1.29 is 27.9 Å². The number of carbonyl (C=O) groups excluding carboxylic acids is 1. The van der Waals surface area contributed by atoms with Gasteiger partial charge in [-0.05, 0) is 25.1 Å². The Morgan fingerprint density at radius 1 is 1.30 bits per heavy atom. The lowest BCUT2D eigenvalue weighted by Gasteiger charge is -2.28. The van der Waals surface area contributed by atoms with Crippen molar-refractivity contribution in [1.29, 1.82) is 0 Å². The van der Waals surface area contributed by atoms with Crippen LogP contribution < -0.4 is 11.1 Å². The molecule has 20 heavy (non-hydrogen) atoms. The second-order valence-electron chi connectivity index (χ2n) is 4.16. The average Bonchev–Trinajstić information content (AvgIpc) is 2.25. The molecule has 0 bridgehead atoms. The van der Waals surface area contributed by atoms with Gasteiger partial charge in [-0.3, -0.25) is 4.79 Å². The fourth-order valence-electron chi connectivity index (χ4n) is 1.29. The van der Waals surface area contributed by atoms with Gasteiger partial charge in [0.1, 0.15) is 0 Å². The van der Waals surface area contributed by atoms with Crippen molar-refractivity contribution in [1.82, 2.24) is 5.32 Å². The van der Waals surface area contributed by atoms with Crippen LogP contribution in [0.5, 0.6) is 0 Å². The first-order valence-corrected chi connectivity index (χ1v) is 5.54. The minimum Gasteiger partial charge on any atom is -0.479 e. The number of benzene rings is 1. The summed E-state index contributed by atoms with van der Waals surface area (Å²) < 4.78 is 38.2. The molecule has 0 fully saturated rings. The summed E-state index contributed by atoms with van der Waals surface area (Å²) in [7, 11) is 0. The van der Waals surface area contributed by atoms with Crippen LogP contribution in [-0.2, 0) is 4.79 Å². The van der Waals surface area contributed by atoms with E-state index in [4.69, 9.17) is 22.4 Å². The monoisotopic (exact) mass is 310 g/mol. The van der Waals surface area contributed by atoms with E-state index in [1.165, 1.54) is 11.4 Å². The molecule has 0 saturated heterocycles. The van der Waals surface area contributed by atoms with Gasteiger partial charge in [-0.25, -0.2) is 4.79 Å². The fraction of sp³-hybridized carbons (Fsp3) is 0.273. The third-order valence-electron chi connectivity index (χ3n) is 2.54. The molecular formula is C11H10ClF3N2O3. The number of aliphatic carboxylic acids is 1. The van der Waals surface area contributed by atoms with Crippen molar-refractivity contribution in [3.63, 3.8) is 0 Å². The zero-order valence-electron chi connectivity index (χ0n) is 10.1. The largest absolute Gasteiger partial charge is 0.479 e. The number of carboxylic acid groups (broad SMARTS) is 1. The van der Waals surface area contributed by atoms with Gasteiger partial charge in [-0.2, -0.15) is 13.2 Å². The van der Waals surface area contributed by atoms with Gasteiger partial charge in [-0.1, -0.05) is 11.6 Å². The van der Waals surface area contributed by atoms with Crippen molar-refractivity contribution >= 4 is 29.2 Å². The molecule has 110 valence electrons. The highest BCUT2D eigenvalue weighted by atomic mass is 35.5. The summed E-state index contributed by atoms with van der Waals surface area (Å²) in [5.41, 5.74) is 1.78. The highest BCUT2D eigenvalue weighted by Crippen LogP contribution is 2.31. The summed E-state index contributed by atoms with van der Waals surface area (Å²) in [6.07, 6.45) is -5.17. The summed E-state index contributed by atoms with van der Waals surface area (Å²) in [4.78, 5) is 22.5. The number of nitrogens with one attached hydrogen (secondary N) is 1. The summed E-state index contributed by atoms with van der Waals surface area (Å²) in [6.45, 7) is 0.348. The third kappa shape index (κ3) is 3.13. The van der Waals surface area contributed by atoms with Crippen molar-refractivity contribution in [3.05, 3.63) is 28.8 Å². The molecular weight excluding hydrogens is 301 g/mol. The summed E-state index contributed by atoms with van der Waals surface area (Å²) in [6, 6.07) is 3.45. The van der Waals surface area contributed by atoms with Gasteiger partial charge < -0.3 is 16.2 Å². The second kappa shape index (κ2) is 5.20. The SMILES string of the molecule is CC(NC(=O)c1cc(N)cc(Cl)c1)(C(=O)O)C(F)(F)F. The molecule has 1 aromatic rings. The molecule has 0 spiro atoms. The minimum absolute atomic E-state index is 0.0409. The van der Waals surface area contributed by atoms with Crippen molar-refractivity contribution in [2.45, 2.75) is 18.6 Å². The van der Waals surface area contributed by atoms with E-state index in [1.807, 2.05) is 0 Å². The number of carboxylic acids is 1. The smallest absolute Gasteiger partial charge is 0.422 e. The van der Waals surface area contributed by atoms with Gasteiger partial charge in [0.15, 0.2) is 0 Å². The molecule has 1 rings (SSSR count). The highest BCUT2D eigenvalue weighted by Gasteiger charge is 2.58. The van der Waals surface area contributed by atoms with Crippen LogP contribution in [0.3, 0.4) is 0 Å². The van der Waals surface area contributed by atoms with Gasteiger partial charge in [0.05, 0.1) is 0 Å². The van der Waals surface area contributed by atoms with Crippen LogP contribution in [0, 0.1) is 0 Å². The van der Waals surface area contributed by atoms with E-state index in [0.717, 1.165) is 12.1 Å². The van der Waals surface area contributed by atoms with Crippen LogP contribution in [0.1, 0.15) is 17.3 Å². The van der Waals surface area contributed by atoms with Gasteiger partial charge in [-0.15, -0.1) is 0 Å². The van der Waals surface area contributed by atoms with E-state index >= 15 is 0 Å². The average molecular weight is 311 g/mol. The maximum atomic E-state index is 12.7. The van der Waals surface area contributed by atoms with Gasteiger partial charge >= 0.3 is 12.1 Å². The predicted octanol–water partition coefficient (Wildman–Crippen LogP) is 2.06. The normalized spacial score (nSPS) is 14.4. The Bertz CT molecular complexity index is 542. The molecule has 0 heterocycles. The van der Waals surface area contributed by atoms with Gasteiger partial charge in [0.25, 0.3) is 5.91 Å². The van der Waals surface area contributed by atoms with E-state index < -0.39 is 23.6 Å². The van der Waals surface area contributed by atoms with Crippen LogP contribution >= 0.6 is 11.6 Å². The molecule has 0 aliphatic carbocycles. The number of anilines is 1. The molecule has 1 aromatic carbocycles. The van der Waals surface area contributed by atoms with E-state index in [0.29, 0.717) is 6.92 Å². The lowest BCUT2D eigenvalue weighted by atomic mass is 10.0. The van der Waals surface area contributed by atoms with Crippen LogP contribution in [0.15, 0.2) is 18.2 Å². The Morgan fingerprint density at radius 2 is 1.85 bits per heavy atom. The summed E-state index contributed by atoms with van der Waals surface area (Å²) in [5, 5.41) is 10.2. The number of hydrogen-bond acceptors (Lipinski definition) is 3. The predicted molar refractivity (Wildman–Crippen MR) is 65.4 cm³/mol. The third-order valence-corrected chi connectivity index (χ3v) is 2.76. The molecule has 1 atom stereocenters. The Balaban J connectivity index is 3.13. The molecule has 1 unspecified atom stereocenters. The van der Waals surface area contributed by atoms with Crippen LogP contribution in [0.4, 0.5) is 18.9 Å². The Hall–Kier alpha value is -1.96. The molecule has 0 aliphatic rings. The van der Waals surface area contributed by atoms with Gasteiger partial charge in [0.2, 0.25) is 5.54 Å². The van der Waals surface area contributed by atoms with E-state index in [9.17, 15) is 22.8 Å². The molecule has 9 heteroatoms. The topological polar surface area (TPSA) is 92.4 Å². The van der Waals surface area contributed by atoms with Crippen LogP contribution in [0.25, 0.3) is 0 Å². The van der Waals surface area contributed by atoms with E-state index in [-0.39, 0.29) is 16.3 Å². The first kappa shape index (κ1) is 16.1. The molecule has 1 amide bonds. The summed E-state index contributed by atoms with van der Waals surface area (Å²) in [5.74, 6) is -3.48. The molecule has 4 N–H and O–H groups in total. The molecule has 5 nitrogen and oxygen atoms in total. The van der Waals surface area contributed by atoms with E-state index in [1.54, 1.807) is 0 Å². The zero-order valence-corrected chi connectivity index (χ0v) is 10.8. The lowest BCUT2D eigenvalue weighted by molar-refractivity contribution is -0.203. The summed E-state index contributed by atoms with van der Waals surface area (Å²) >= 11 is 5.62. The Kier molecular flexibility index (Phi) is 4.18. The Labute approximate surface area is 116 Å². The number of carbonyl (C=O) groups is 2. The maximum absolute atomic E-state index is 12.7. The maximum Gasteiger partial charge on any atom is 0.422 e. The van der Waals surface area contributed by atoms with Crippen molar-refractivity contribution in [2.24, 2.45) is 0 Å². The number of rotatable bonds is 3. The fourth-order valence-corrected chi connectivity index (χ4v) is 1.53. The van der Waals surface area contributed by atoms with E-state index in [2.05, 4.69) is 0 Å². The quantitative estimate of drug-likeness (QED) is 0.745. The number of nitrogens with two attached hydrogens (primary N) is 1. The standard InChI is InChI=1S/C11H10ClF3N2O3/c1-10(9(19)20,11(13,14)15)17-8(18)5-2-6(12)4-7(16)3-5/h2-4H,16H2,1H3,(H,17,18)(H,19,20). The molecule has 0 aliphatic heterocycles. The lowest BCUT2D eigenvalue weighted by Crippen LogP contribution is -2.61. The number of hydrogen-bond donors (Lipinski definition) is 3. The molecule has 0 saturated carbocycles. The van der Waals surface area contributed by atoms with Crippen molar-refractivity contribution in [3.8, 4) is 0 Å². The second-order valence-corrected chi connectivity index (χ2v) is 4.59. The highest BCUT2D eigenvalue weighted by molar-refractivity contribution is 6.31. The number of amides is 1. The van der Waals surface area contributed by atoms with Crippen LogP contribution in [-0.4, -0.2) is 28.7 Å². The first-order chi connectivity index (χ1) is 8.97. The van der Waals surface area contributed by atoms with Gasteiger partial charge in [0, 0.05) is 16.3 Å². The van der Waals surface area contributed by atoms with Crippen molar-refractivity contribution in [2.75, 3.05) is 5.73 Å². The first-order valence-electron chi connectivity index (χ1n) is 5.16. The molecule has 0 radical (unpaired) electrons. The number of alkyl halides is 3. The molecule has 0 aromatic heterocycles. The zero-order chi connectivity index (χ0) is 15.7. The number of halogens is 4. The number of nitrogen functional groups attached to an aromatic ring is 1. The Morgan fingerprint density at radius 3 is 2.25 bits per heavy atom. The minimum atomic E-state index is -5.17.